The van der Waals surface area contributed by atoms with E-state index in [0.29, 0.717) is 119 Å². The van der Waals surface area contributed by atoms with Gasteiger partial charge in [-0.1, -0.05) is 24.3 Å². The van der Waals surface area contributed by atoms with Crippen LogP contribution >= 0.6 is 0 Å². The van der Waals surface area contributed by atoms with E-state index in [-0.39, 0.29) is 141 Å². The molecule has 1 aliphatic heterocycles. The number of amides is 8. The van der Waals surface area contributed by atoms with Gasteiger partial charge in [0.05, 0.1) is 165 Å². The third-order valence-electron chi connectivity index (χ3n) is 13.2. The van der Waals surface area contributed by atoms with Crippen molar-refractivity contribution in [3.05, 3.63) is 36.5 Å². The first kappa shape index (κ1) is 78.5. The normalized spacial score (nSPS) is 16.9. The summed E-state index contributed by atoms with van der Waals surface area (Å²) in [6.45, 7) is 8.03. The van der Waals surface area contributed by atoms with Gasteiger partial charge in [-0.3, -0.25) is 33.7 Å². The number of rotatable bonds is 55. The van der Waals surface area contributed by atoms with E-state index in [9.17, 15) is 38.4 Å². The Morgan fingerprint density at radius 1 is 0.367 bits per heavy atom. The molecule has 29 nitrogen and oxygen atoms in total. The summed E-state index contributed by atoms with van der Waals surface area (Å²) in [7, 11) is 0. The number of nitrogens with zero attached hydrogens (tertiary/aromatic N) is 1. The van der Waals surface area contributed by atoms with Gasteiger partial charge in [0.2, 0.25) is 23.6 Å². The average molecular weight is 1290 g/mol. The molecule has 0 aromatic carbocycles. The van der Waals surface area contributed by atoms with Crippen molar-refractivity contribution >= 4 is 47.6 Å². The van der Waals surface area contributed by atoms with E-state index in [0.717, 1.165) is 69.1 Å². The molecule has 2 unspecified atom stereocenters. The predicted octanol–water partition coefficient (Wildman–Crippen LogP) is 1.73. The summed E-state index contributed by atoms with van der Waals surface area (Å²) in [5, 5.41) is 16.5. The van der Waals surface area contributed by atoms with Crippen LogP contribution in [0, 0.1) is 0 Å². The van der Waals surface area contributed by atoms with E-state index in [2.05, 4.69) is 56.2 Å². The van der Waals surface area contributed by atoms with Crippen LogP contribution in [-0.2, 0) is 95.1 Å². The number of carbonyl (C=O) groups excluding carboxylic acids is 8. The number of nitrogens with one attached hydrogen (secondary N) is 6. The molecule has 1 heterocycles. The maximum Gasteiger partial charge on any atom is 0.407 e. The van der Waals surface area contributed by atoms with Crippen molar-refractivity contribution in [1.82, 2.24) is 36.8 Å². The van der Waals surface area contributed by atoms with E-state index in [1.165, 1.54) is 12.2 Å². The van der Waals surface area contributed by atoms with Gasteiger partial charge in [-0.25, -0.2) is 9.59 Å². The standard InChI is InChI=1S/C61H103N7O22/c69-54(17-26-68-58(73)15-16-59(68)74)62-21-30-78-38-44-86-48-47-83-41-35-77-27-20-57(72)67-51(49-87-28-18-55(70)63-22-31-79-36-42-84-45-39-81-33-24-65-60(75)89-52-11-7-3-1-4-8-12-52)50-88-29-19-56(71)64-23-32-80-37-43-85-46-40-82-34-25-66-61(76)90-53-13-9-5-2-6-10-14-53/h1-3,5,15-16,51-53H,4,6-14,17-50H2,(H,62,69)(H,63,70)(H,64,71)(H,65,75)(H,66,76)(H,67,72)/b3-1+,5-2+. The number of allylic oxidation sites excluding steroid dienone is 4. The van der Waals surface area contributed by atoms with Gasteiger partial charge in [-0.05, 0) is 64.2 Å². The molecule has 29 heteroatoms. The number of hydrogen-bond donors (Lipinski definition) is 6. The van der Waals surface area contributed by atoms with Crippen LogP contribution in [0.3, 0.4) is 0 Å². The van der Waals surface area contributed by atoms with Crippen molar-refractivity contribution in [1.29, 1.82) is 0 Å². The molecule has 514 valence electrons. The molecule has 8 amide bonds. The van der Waals surface area contributed by atoms with Gasteiger partial charge in [-0.2, -0.15) is 0 Å². The molecule has 0 aromatic rings. The molecule has 2 aliphatic carbocycles. The van der Waals surface area contributed by atoms with Gasteiger partial charge < -0.3 is 98.2 Å². The fraction of sp³-hybridized carbons (Fsp3) is 0.770. The summed E-state index contributed by atoms with van der Waals surface area (Å²) in [5.74, 6) is -1.94. The highest BCUT2D eigenvalue weighted by Gasteiger charge is 2.24. The molecule has 2 atom stereocenters. The maximum absolute atomic E-state index is 12.9. The van der Waals surface area contributed by atoms with E-state index in [1.54, 1.807) is 0 Å². The summed E-state index contributed by atoms with van der Waals surface area (Å²) in [5.41, 5.74) is 0. The predicted molar refractivity (Wildman–Crippen MR) is 326 cm³/mol. The minimum absolute atomic E-state index is 0.00685. The zero-order chi connectivity index (χ0) is 64.4. The fourth-order valence-corrected chi connectivity index (χ4v) is 8.46. The fourth-order valence-electron chi connectivity index (χ4n) is 8.46. The van der Waals surface area contributed by atoms with E-state index in [4.69, 9.17) is 66.3 Å². The SMILES string of the molecule is O=C(CCOCC(COCCC(=O)NCCOCCOCCOCCNC(=O)OC1CC/C=C/CCC1)NC(=O)CCOCCOCCOCCOCCNC(=O)CCN1C(=O)C=CC1=O)NCCOCCOCCOCCNC(=O)OC1CC/C=C/CCC1. The van der Waals surface area contributed by atoms with Crippen molar-refractivity contribution in [2.24, 2.45) is 0 Å². The highest BCUT2D eigenvalue weighted by atomic mass is 16.6. The van der Waals surface area contributed by atoms with Crippen LogP contribution in [0.15, 0.2) is 36.5 Å². The molecule has 6 N–H and O–H groups in total. The largest absolute Gasteiger partial charge is 0.446 e. The lowest BCUT2D eigenvalue weighted by molar-refractivity contribution is -0.137. The summed E-state index contributed by atoms with van der Waals surface area (Å²) in [4.78, 5) is 98.1. The zero-order valence-electron chi connectivity index (χ0n) is 52.7. The Bertz CT molecular complexity index is 1930. The monoisotopic (exact) mass is 1290 g/mol. The van der Waals surface area contributed by atoms with Gasteiger partial charge in [0, 0.05) is 77.1 Å². The molecule has 0 radical (unpaired) electrons. The van der Waals surface area contributed by atoms with Gasteiger partial charge in [-0.15, -0.1) is 0 Å². The minimum Gasteiger partial charge on any atom is -0.446 e. The van der Waals surface area contributed by atoms with Crippen LogP contribution in [0.25, 0.3) is 0 Å². The summed E-state index contributed by atoms with van der Waals surface area (Å²) < 4.78 is 77.7. The molecule has 0 fully saturated rings. The molecular weight excluding hydrogens is 1180 g/mol. The Hall–Kier alpha value is -5.70. The third-order valence-corrected chi connectivity index (χ3v) is 13.2. The Balaban J connectivity index is 1.18. The summed E-state index contributed by atoms with van der Waals surface area (Å²) in [6.07, 6.45) is 19.4. The lowest BCUT2D eigenvalue weighted by Crippen LogP contribution is -2.42. The zero-order valence-corrected chi connectivity index (χ0v) is 52.7. The van der Waals surface area contributed by atoms with Crippen molar-refractivity contribution < 1.29 is 105 Å². The molecule has 0 saturated heterocycles. The van der Waals surface area contributed by atoms with Crippen molar-refractivity contribution in [3.63, 3.8) is 0 Å². The second kappa shape index (κ2) is 56.1. The highest BCUT2D eigenvalue weighted by molar-refractivity contribution is 6.13. The van der Waals surface area contributed by atoms with Crippen molar-refractivity contribution in [2.45, 2.75) is 108 Å². The number of carbonyl (C=O) groups is 8. The molecule has 0 saturated carbocycles. The third kappa shape index (κ3) is 46.4. The first-order valence-corrected chi connectivity index (χ1v) is 31.8. The van der Waals surface area contributed by atoms with Crippen LogP contribution < -0.4 is 31.9 Å². The number of hydrogen-bond acceptors (Lipinski definition) is 22. The van der Waals surface area contributed by atoms with E-state index >= 15 is 0 Å². The van der Waals surface area contributed by atoms with Gasteiger partial charge in [0.25, 0.3) is 11.8 Å². The van der Waals surface area contributed by atoms with E-state index in [1.807, 2.05) is 0 Å². The van der Waals surface area contributed by atoms with Crippen LogP contribution in [0.4, 0.5) is 9.59 Å². The van der Waals surface area contributed by atoms with Crippen LogP contribution in [0.1, 0.15) is 89.9 Å². The smallest absolute Gasteiger partial charge is 0.407 e. The van der Waals surface area contributed by atoms with Crippen LogP contribution in [-0.4, -0.2) is 269 Å². The van der Waals surface area contributed by atoms with Gasteiger partial charge >= 0.3 is 12.2 Å². The van der Waals surface area contributed by atoms with E-state index < -0.39 is 30.0 Å². The first-order valence-electron chi connectivity index (χ1n) is 31.8. The van der Waals surface area contributed by atoms with Gasteiger partial charge in [0.1, 0.15) is 12.2 Å². The molecule has 0 aromatic heterocycles. The number of imide groups is 1. The topological polar surface area (TPSA) is 341 Å². The van der Waals surface area contributed by atoms with Gasteiger partial charge in [0.15, 0.2) is 0 Å². The van der Waals surface area contributed by atoms with Crippen LogP contribution in [0.2, 0.25) is 0 Å². The lowest BCUT2D eigenvalue weighted by atomic mass is 10.0. The Labute approximate surface area is 529 Å². The van der Waals surface area contributed by atoms with Crippen LogP contribution in [0.5, 0.6) is 0 Å². The Morgan fingerprint density at radius 3 is 1.07 bits per heavy atom. The molecule has 3 aliphatic rings. The second-order valence-corrected chi connectivity index (χ2v) is 20.6. The minimum atomic E-state index is -0.587. The molecule has 90 heavy (non-hydrogen) atoms. The molecule has 3 rings (SSSR count). The first-order chi connectivity index (χ1) is 44.1. The average Bonchev–Trinajstić information content (AvgIpc) is 4.03. The Kier molecular flexibility index (Phi) is 48.9. The Morgan fingerprint density at radius 2 is 0.678 bits per heavy atom. The lowest BCUT2D eigenvalue weighted by Gasteiger charge is -2.19. The number of ether oxygens (including phenoxy) is 14. The highest BCUT2D eigenvalue weighted by Crippen LogP contribution is 2.17. The second-order valence-electron chi connectivity index (χ2n) is 20.6. The summed E-state index contributed by atoms with van der Waals surface area (Å²) in [6, 6.07) is -0.587. The van der Waals surface area contributed by atoms with Crippen molar-refractivity contribution in [2.75, 3.05) is 198 Å². The molecular formula is C61H103N7O22. The summed E-state index contributed by atoms with van der Waals surface area (Å²) >= 11 is 0. The molecule has 0 spiro atoms. The molecule has 0 bridgehead atoms. The quantitative estimate of drug-likeness (QED) is 0.0287. The van der Waals surface area contributed by atoms with Crippen molar-refractivity contribution in [3.8, 4) is 0 Å². The maximum atomic E-state index is 12.9. The number of alkyl carbamates (subject to hydrolysis) is 2.